The fourth-order valence-corrected chi connectivity index (χ4v) is 2.96. The molecule has 4 heteroatoms. The van der Waals surface area contributed by atoms with E-state index >= 15 is 0 Å². The van der Waals surface area contributed by atoms with Gasteiger partial charge in [-0.1, -0.05) is 25.1 Å². The Labute approximate surface area is 120 Å². The first kappa shape index (κ1) is 13.2. The van der Waals surface area contributed by atoms with Crippen molar-refractivity contribution < 1.29 is 0 Å². The number of nitrogens with one attached hydrogen (secondary N) is 1. The third kappa shape index (κ3) is 2.31. The van der Waals surface area contributed by atoms with Gasteiger partial charge in [0.2, 0.25) is 0 Å². The van der Waals surface area contributed by atoms with Crippen molar-refractivity contribution >= 4 is 5.69 Å². The van der Waals surface area contributed by atoms with Gasteiger partial charge in [0.05, 0.1) is 6.04 Å². The van der Waals surface area contributed by atoms with Gasteiger partial charge < -0.3 is 15.6 Å². The summed E-state index contributed by atoms with van der Waals surface area (Å²) in [4.78, 5) is 10.4. The molecule has 1 aliphatic rings. The van der Waals surface area contributed by atoms with Gasteiger partial charge in [-0.3, -0.25) is 0 Å². The van der Waals surface area contributed by atoms with Gasteiger partial charge in [0.1, 0.15) is 5.82 Å². The standard InChI is InChI=1S/C16H22N4/c1-3-13-9-18-16(19-13)15-8-12-6-4-5-7-14(12)20(15)10-11(2)17/h4-7,9,11,15H,3,8,10,17H2,1-2H3,(H,18,19). The van der Waals surface area contributed by atoms with Crippen LogP contribution in [-0.4, -0.2) is 22.6 Å². The smallest absolute Gasteiger partial charge is 0.129 e. The molecule has 4 nitrogen and oxygen atoms in total. The molecule has 2 atom stereocenters. The van der Waals surface area contributed by atoms with Crippen LogP contribution in [0.5, 0.6) is 0 Å². The SMILES string of the molecule is CCc1cnc(C2Cc3ccccc3N2CC(C)N)[nH]1. The quantitative estimate of drug-likeness (QED) is 0.897. The molecule has 20 heavy (non-hydrogen) atoms. The summed E-state index contributed by atoms with van der Waals surface area (Å²) >= 11 is 0. The molecule has 1 aliphatic heterocycles. The summed E-state index contributed by atoms with van der Waals surface area (Å²) in [6.07, 6.45) is 3.93. The third-order valence-corrected chi connectivity index (χ3v) is 3.92. The van der Waals surface area contributed by atoms with E-state index in [1.54, 1.807) is 0 Å². The van der Waals surface area contributed by atoms with Gasteiger partial charge in [0.15, 0.2) is 0 Å². The Bertz CT molecular complexity index is 588. The van der Waals surface area contributed by atoms with Crippen molar-refractivity contribution in [3.05, 3.63) is 47.5 Å². The second-order valence-corrected chi connectivity index (χ2v) is 5.63. The lowest BCUT2D eigenvalue weighted by Gasteiger charge is -2.28. The summed E-state index contributed by atoms with van der Waals surface area (Å²) in [5.74, 6) is 1.05. The number of para-hydroxylation sites is 1. The van der Waals surface area contributed by atoms with E-state index in [-0.39, 0.29) is 12.1 Å². The molecule has 3 rings (SSSR count). The maximum Gasteiger partial charge on any atom is 0.129 e. The average Bonchev–Trinajstić information content (AvgIpc) is 3.03. The molecule has 3 N–H and O–H groups in total. The van der Waals surface area contributed by atoms with Crippen molar-refractivity contribution in [3.8, 4) is 0 Å². The largest absolute Gasteiger partial charge is 0.359 e. The molecule has 0 bridgehead atoms. The predicted octanol–water partition coefficient (Wildman–Crippen LogP) is 2.42. The molecule has 1 aromatic heterocycles. The highest BCUT2D eigenvalue weighted by Gasteiger charge is 2.32. The summed E-state index contributed by atoms with van der Waals surface area (Å²) in [5.41, 5.74) is 9.90. The van der Waals surface area contributed by atoms with Crippen LogP contribution in [0.15, 0.2) is 30.5 Å². The minimum absolute atomic E-state index is 0.143. The minimum atomic E-state index is 0.143. The Hall–Kier alpha value is -1.81. The normalized spacial score (nSPS) is 19.1. The van der Waals surface area contributed by atoms with E-state index in [4.69, 9.17) is 5.73 Å². The zero-order chi connectivity index (χ0) is 14.1. The van der Waals surface area contributed by atoms with Crippen LogP contribution in [0, 0.1) is 0 Å². The lowest BCUT2D eigenvalue weighted by atomic mass is 10.1. The highest BCUT2D eigenvalue weighted by molar-refractivity contribution is 5.60. The van der Waals surface area contributed by atoms with Crippen LogP contribution >= 0.6 is 0 Å². The molecule has 0 aliphatic carbocycles. The van der Waals surface area contributed by atoms with Crippen LogP contribution in [0.25, 0.3) is 0 Å². The number of nitrogens with zero attached hydrogens (tertiary/aromatic N) is 2. The number of anilines is 1. The fourth-order valence-electron chi connectivity index (χ4n) is 2.96. The first-order chi connectivity index (χ1) is 9.69. The summed E-state index contributed by atoms with van der Waals surface area (Å²) in [6, 6.07) is 9.00. The van der Waals surface area contributed by atoms with Gasteiger partial charge in [-0.25, -0.2) is 4.98 Å². The third-order valence-electron chi connectivity index (χ3n) is 3.92. The molecule has 2 aromatic rings. The van der Waals surface area contributed by atoms with Crippen LogP contribution in [0.2, 0.25) is 0 Å². The highest BCUT2D eigenvalue weighted by Crippen LogP contribution is 2.39. The van der Waals surface area contributed by atoms with Crippen molar-refractivity contribution in [2.75, 3.05) is 11.4 Å². The molecule has 0 radical (unpaired) electrons. The summed E-state index contributed by atoms with van der Waals surface area (Å²) < 4.78 is 0. The van der Waals surface area contributed by atoms with Crippen LogP contribution in [0.4, 0.5) is 5.69 Å². The van der Waals surface area contributed by atoms with Crippen LogP contribution in [0.3, 0.4) is 0 Å². The Morgan fingerprint density at radius 1 is 1.45 bits per heavy atom. The molecule has 0 saturated carbocycles. The number of nitrogens with two attached hydrogens (primary N) is 1. The van der Waals surface area contributed by atoms with Crippen LogP contribution < -0.4 is 10.6 Å². The van der Waals surface area contributed by atoms with Crippen molar-refractivity contribution in [1.82, 2.24) is 9.97 Å². The number of aryl methyl sites for hydroxylation is 1. The Morgan fingerprint density at radius 3 is 2.95 bits per heavy atom. The maximum absolute atomic E-state index is 6.03. The van der Waals surface area contributed by atoms with Crippen molar-refractivity contribution in [3.63, 3.8) is 0 Å². The fraction of sp³-hybridized carbons (Fsp3) is 0.438. The molecule has 0 saturated heterocycles. The summed E-state index contributed by atoms with van der Waals surface area (Å²) in [6.45, 7) is 5.04. The second-order valence-electron chi connectivity index (χ2n) is 5.63. The molecule has 106 valence electrons. The molecule has 2 heterocycles. The summed E-state index contributed by atoms with van der Waals surface area (Å²) in [5, 5.41) is 0. The van der Waals surface area contributed by atoms with Crippen molar-refractivity contribution in [2.24, 2.45) is 5.73 Å². The molecular formula is C16H22N4. The Morgan fingerprint density at radius 2 is 2.25 bits per heavy atom. The summed E-state index contributed by atoms with van der Waals surface area (Å²) in [7, 11) is 0. The van der Waals surface area contributed by atoms with E-state index in [1.165, 1.54) is 16.9 Å². The predicted molar refractivity (Wildman–Crippen MR) is 81.8 cm³/mol. The van der Waals surface area contributed by atoms with E-state index in [0.717, 1.165) is 25.2 Å². The van der Waals surface area contributed by atoms with E-state index in [2.05, 4.69) is 53.0 Å². The number of rotatable bonds is 4. The maximum atomic E-state index is 6.03. The van der Waals surface area contributed by atoms with Crippen molar-refractivity contribution in [2.45, 2.75) is 38.8 Å². The molecule has 2 unspecified atom stereocenters. The zero-order valence-corrected chi connectivity index (χ0v) is 12.1. The first-order valence-electron chi connectivity index (χ1n) is 7.33. The van der Waals surface area contributed by atoms with Crippen LogP contribution in [-0.2, 0) is 12.8 Å². The second kappa shape index (κ2) is 5.29. The number of benzene rings is 1. The number of H-pyrrole nitrogens is 1. The number of hydrogen-bond acceptors (Lipinski definition) is 3. The van der Waals surface area contributed by atoms with Gasteiger partial charge in [0.25, 0.3) is 0 Å². The lowest BCUT2D eigenvalue weighted by Crippen LogP contribution is -2.36. The van der Waals surface area contributed by atoms with Gasteiger partial charge in [0, 0.05) is 36.6 Å². The zero-order valence-electron chi connectivity index (χ0n) is 12.1. The van der Waals surface area contributed by atoms with Gasteiger partial charge in [-0.15, -0.1) is 0 Å². The molecule has 0 fully saturated rings. The number of imidazole rings is 1. The minimum Gasteiger partial charge on any atom is -0.359 e. The van der Waals surface area contributed by atoms with Gasteiger partial charge >= 0.3 is 0 Å². The topological polar surface area (TPSA) is 57.9 Å². The number of aromatic nitrogens is 2. The van der Waals surface area contributed by atoms with E-state index in [9.17, 15) is 0 Å². The van der Waals surface area contributed by atoms with Gasteiger partial charge in [-0.05, 0) is 25.0 Å². The average molecular weight is 270 g/mol. The Balaban J connectivity index is 1.94. The van der Waals surface area contributed by atoms with E-state index in [1.807, 2.05) is 6.20 Å². The van der Waals surface area contributed by atoms with Gasteiger partial charge in [-0.2, -0.15) is 0 Å². The number of aromatic amines is 1. The monoisotopic (exact) mass is 270 g/mol. The van der Waals surface area contributed by atoms with Crippen LogP contribution in [0.1, 0.15) is 37.0 Å². The number of hydrogen-bond donors (Lipinski definition) is 2. The van der Waals surface area contributed by atoms with Crippen molar-refractivity contribution in [1.29, 1.82) is 0 Å². The lowest BCUT2D eigenvalue weighted by molar-refractivity contribution is 0.586. The number of fused-ring (bicyclic) bond motifs is 1. The molecule has 0 spiro atoms. The molecule has 1 aromatic carbocycles. The molecule has 0 amide bonds. The molecular weight excluding hydrogens is 248 g/mol. The first-order valence-corrected chi connectivity index (χ1v) is 7.33. The highest BCUT2D eigenvalue weighted by atomic mass is 15.2. The van der Waals surface area contributed by atoms with E-state index in [0.29, 0.717) is 0 Å². The Kier molecular flexibility index (Phi) is 3.49. The van der Waals surface area contributed by atoms with E-state index < -0.39 is 0 Å².